The summed E-state index contributed by atoms with van der Waals surface area (Å²) in [5.41, 5.74) is 3.50. The van der Waals surface area contributed by atoms with E-state index < -0.39 is 0 Å². The van der Waals surface area contributed by atoms with Gasteiger partial charge in [-0.1, -0.05) is 36.4 Å². The Bertz CT molecular complexity index is 1070. The lowest BCUT2D eigenvalue weighted by Gasteiger charge is -2.49. The van der Waals surface area contributed by atoms with Crippen molar-refractivity contribution < 1.29 is 0 Å². The van der Waals surface area contributed by atoms with Crippen LogP contribution in [0.15, 0.2) is 61.2 Å². The lowest BCUT2D eigenvalue weighted by molar-refractivity contribution is 0.160. The van der Waals surface area contributed by atoms with Gasteiger partial charge >= 0.3 is 0 Å². The van der Waals surface area contributed by atoms with Crippen molar-refractivity contribution in [3.8, 4) is 11.3 Å². The van der Waals surface area contributed by atoms with Gasteiger partial charge in [0.25, 0.3) is 0 Å². The fourth-order valence-corrected chi connectivity index (χ4v) is 5.24. The van der Waals surface area contributed by atoms with E-state index in [0.717, 1.165) is 36.3 Å². The van der Waals surface area contributed by atoms with E-state index in [4.69, 9.17) is 0 Å². The average Bonchev–Trinajstić information content (AvgIpc) is 2.71. The quantitative estimate of drug-likeness (QED) is 0.538. The maximum absolute atomic E-state index is 4.60. The van der Waals surface area contributed by atoms with Crippen LogP contribution in [0.1, 0.15) is 46.1 Å². The van der Waals surface area contributed by atoms with E-state index in [1.165, 1.54) is 16.3 Å². The molecule has 0 radical (unpaired) electrons. The van der Waals surface area contributed by atoms with Crippen molar-refractivity contribution in [2.24, 2.45) is 0 Å². The fourth-order valence-electron chi connectivity index (χ4n) is 5.24. The third kappa shape index (κ3) is 4.64. The van der Waals surface area contributed by atoms with Crippen molar-refractivity contribution in [2.45, 2.75) is 64.1 Å². The van der Waals surface area contributed by atoms with Gasteiger partial charge in [-0.05, 0) is 81.5 Å². The Morgan fingerprint density at radius 2 is 1.77 bits per heavy atom. The second-order valence-corrected chi connectivity index (χ2v) is 10.2. The number of aromatic nitrogens is 2. The molecule has 2 heterocycles. The Morgan fingerprint density at radius 3 is 2.42 bits per heavy atom. The lowest BCUT2D eigenvalue weighted by atomic mass is 9.79. The summed E-state index contributed by atoms with van der Waals surface area (Å²) in [6, 6.07) is 17.6. The molecular formula is C27H34N4. The smallest absolute Gasteiger partial charge is 0.151 e. The number of benzene rings is 2. The van der Waals surface area contributed by atoms with Crippen LogP contribution >= 0.6 is 0 Å². The predicted molar refractivity (Wildman–Crippen MR) is 132 cm³/mol. The van der Waals surface area contributed by atoms with E-state index in [0.29, 0.717) is 6.04 Å². The minimum atomic E-state index is 0.101. The highest BCUT2D eigenvalue weighted by molar-refractivity contribution is 5.89. The molecule has 162 valence electrons. The molecule has 0 saturated carbocycles. The number of anilines is 1. The summed E-state index contributed by atoms with van der Waals surface area (Å²) in [5, 5.41) is 15.4. The average molecular weight is 415 g/mol. The number of fused-ring (bicyclic) bond motifs is 1. The highest BCUT2D eigenvalue weighted by Gasteiger charge is 2.39. The van der Waals surface area contributed by atoms with Gasteiger partial charge in [-0.25, -0.2) is 0 Å². The van der Waals surface area contributed by atoms with E-state index in [1.54, 1.807) is 0 Å². The second-order valence-electron chi connectivity index (χ2n) is 10.2. The van der Waals surface area contributed by atoms with Crippen LogP contribution in [0.3, 0.4) is 0 Å². The molecule has 4 heteroatoms. The Hall–Kier alpha value is -2.72. The topological polar surface area (TPSA) is 41.0 Å². The van der Waals surface area contributed by atoms with Crippen molar-refractivity contribution in [1.82, 2.24) is 15.5 Å². The third-order valence-corrected chi connectivity index (χ3v) is 6.36. The maximum atomic E-state index is 4.60. The molecule has 4 nitrogen and oxygen atoms in total. The summed E-state index contributed by atoms with van der Waals surface area (Å²) >= 11 is 0. The summed E-state index contributed by atoms with van der Waals surface area (Å²) in [4.78, 5) is 2.29. The molecule has 31 heavy (non-hydrogen) atoms. The number of hydrogen-bond acceptors (Lipinski definition) is 4. The zero-order valence-electron chi connectivity index (χ0n) is 19.4. The summed E-state index contributed by atoms with van der Waals surface area (Å²) in [7, 11) is 2.14. The van der Waals surface area contributed by atoms with Gasteiger partial charge in [0, 0.05) is 29.7 Å². The Morgan fingerprint density at radius 1 is 1.03 bits per heavy atom. The SMILES string of the molecule is C=CCc1cccc2cc(-c3ccc(N(C)C4CC(C)(C)NC(C)(C)C4)nn3)ccc12. The Kier molecular flexibility index (Phi) is 5.61. The monoisotopic (exact) mass is 414 g/mol. The van der Waals surface area contributed by atoms with E-state index in [2.05, 4.69) is 110 Å². The number of nitrogens with zero attached hydrogens (tertiary/aromatic N) is 3. The van der Waals surface area contributed by atoms with E-state index in [1.807, 2.05) is 6.08 Å². The van der Waals surface area contributed by atoms with E-state index in [9.17, 15) is 0 Å². The third-order valence-electron chi connectivity index (χ3n) is 6.36. The number of allylic oxidation sites excluding steroid dienone is 1. The van der Waals surface area contributed by atoms with Gasteiger partial charge in [0.15, 0.2) is 5.82 Å². The first-order valence-corrected chi connectivity index (χ1v) is 11.2. The molecule has 2 aromatic carbocycles. The second kappa shape index (κ2) is 8.08. The summed E-state index contributed by atoms with van der Waals surface area (Å²) in [5.74, 6) is 0.927. The molecule has 1 aliphatic rings. The molecule has 1 fully saturated rings. The molecule has 0 spiro atoms. The standard InChI is InChI=1S/C27H34N4/c1-7-9-19-10-8-11-20-16-21(12-13-23(19)20)24-14-15-25(29-28-24)31(6)22-17-26(2,3)30-27(4,5)18-22/h7-8,10-16,22,30H,1,9,17-18H2,2-6H3. The normalized spacial score (nSPS) is 18.1. The van der Waals surface area contributed by atoms with Gasteiger partial charge in [0.2, 0.25) is 0 Å². The number of rotatable bonds is 5. The van der Waals surface area contributed by atoms with Crippen molar-refractivity contribution in [2.75, 3.05) is 11.9 Å². The largest absolute Gasteiger partial charge is 0.355 e. The summed E-state index contributed by atoms with van der Waals surface area (Å²) in [6.45, 7) is 13.0. The Labute approximate surface area is 186 Å². The van der Waals surface area contributed by atoms with Crippen LogP contribution in [0.4, 0.5) is 5.82 Å². The maximum Gasteiger partial charge on any atom is 0.151 e. The van der Waals surface area contributed by atoms with Crippen LogP contribution in [0.5, 0.6) is 0 Å². The van der Waals surface area contributed by atoms with Gasteiger partial charge in [0.05, 0.1) is 5.69 Å². The number of hydrogen-bond donors (Lipinski definition) is 1. The minimum Gasteiger partial charge on any atom is -0.355 e. The van der Waals surface area contributed by atoms with Crippen LogP contribution < -0.4 is 10.2 Å². The molecule has 1 aromatic heterocycles. The van der Waals surface area contributed by atoms with E-state index >= 15 is 0 Å². The molecule has 1 aliphatic heterocycles. The van der Waals surface area contributed by atoms with Crippen LogP contribution in [0, 0.1) is 0 Å². The van der Waals surface area contributed by atoms with Crippen LogP contribution in [0.2, 0.25) is 0 Å². The molecule has 0 amide bonds. The summed E-state index contributed by atoms with van der Waals surface area (Å²) in [6.07, 6.45) is 4.98. The van der Waals surface area contributed by atoms with Crippen molar-refractivity contribution >= 4 is 16.6 Å². The van der Waals surface area contributed by atoms with Crippen molar-refractivity contribution in [1.29, 1.82) is 0 Å². The van der Waals surface area contributed by atoms with Crippen LogP contribution in [-0.2, 0) is 6.42 Å². The first-order chi connectivity index (χ1) is 14.7. The Balaban J connectivity index is 1.57. The molecule has 4 rings (SSSR count). The van der Waals surface area contributed by atoms with E-state index in [-0.39, 0.29) is 11.1 Å². The lowest BCUT2D eigenvalue weighted by Crippen LogP contribution is -2.62. The van der Waals surface area contributed by atoms with Gasteiger partial charge in [-0.3, -0.25) is 0 Å². The molecule has 0 unspecified atom stereocenters. The molecule has 1 N–H and O–H groups in total. The first-order valence-electron chi connectivity index (χ1n) is 11.2. The zero-order valence-corrected chi connectivity index (χ0v) is 19.4. The number of piperidine rings is 1. The molecule has 1 saturated heterocycles. The molecule has 0 aliphatic carbocycles. The van der Waals surface area contributed by atoms with Crippen LogP contribution in [0.25, 0.3) is 22.0 Å². The fraction of sp³-hybridized carbons (Fsp3) is 0.407. The van der Waals surface area contributed by atoms with Gasteiger partial charge in [0.1, 0.15) is 0 Å². The minimum absolute atomic E-state index is 0.101. The highest BCUT2D eigenvalue weighted by atomic mass is 15.3. The van der Waals surface area contributed by atoms with Gasteiger partial charge in [-0.2, -0.15) is 0 Å². The molecular weight excluding hydrogens is 380 g/mol. The number of nitrogens with one attached hydrogen (secondary N) is 1. The molecule has 0 bridgehead atoms. The molecule has 3 aromatic rings. The van der Waals surface area contributed by atoms with Crippen molar-refractivity contribution in [3.63, 3.8) is 0 Å². The zero-order chi connectivity index (χ0) is 22.2. The highest BCUT2D eigenvalue weighted by Crippen LogP contribution is 2.33. The summed E-state index contributed by atoms with van der Waals surface area (Å²) < 4.78 is 0. The van der Waals surface area contributed by atoms with Gasteiger partial charge < -0.3 is 10.2 Å². The molecule has 0 atom stereocenters. The van der Waals surface area contributed by atoms with Crippen LogP contribution in [-0.4, -0.2) is 34.4 Å². The first kappa shape index (κ1) is 21.5. The van der Waals surface area contributed by atoms with Gasteiger partial charge in [-0.15, -0.1) is 16.8 Å². The van der Waals surface area contributed by atoms with Crippen molar-refractivity contribution in [3.05, 3.63) is 66.7 Å². The predicted octanol–water partition coefficient (Wildman–Crippen LogP) is 5.77.